The molecule has 1 saturated heterocycles. The second-order valence-electron chi connectivity index (χ2n) is 7.01. The SMILES string of the molecule is CN=C(NCCCC(=O)NC1CC1)NC1CCN(C(=O)C(C)C)C1. The van der Waals surface area contributed by atoms with Crippen molar-refractivity contribution in [2.75, 3.05) is 26.7 Å². The van der Waals surface area contributed by atoms with Gasteiger partial charge in [-0.25, -0.2) is 0 Å². The van der Waals surface area contributed by atoms with Crippen LogP contribution < -0.4 is 16.0 Å². The fraction of sp³-hybridized carbons (Fsp3) is 0.824. The highest BCUT2D eigenvalue weighted by atomic mass is 16.2. The number of rotatable bonds is 7. The molecule has 1 heterocycles. The van der Waals surface area contributed by atoms with Crippen molar-refractivity contribution in [1.82, 2.24) is 20.9 Å². The largest absolute Gasteiger partial charge is 0.356 e. The first-order valence-electron chi connectivity index (χ1n) is 9.05. The predicted octanol–water partition coefficient (Wildman–Crippen LogP) is 0.467. The molecule has 136 valence electrons. The van der Waals surface area contributed by atoms with Crippen LogP contribution in [0.5, 0.6) is 0 Å². The Morgan fingerprint density at radius 2 is 1.92 bits per heavy atom. The van der Waals surface area contributed by atoms with Gasteiger partial charge in [-0.05, 0) is 25.7 Å². The zero-order chi connectivity index (χ0) is 17.5. The van der Waals surface area contributed by atoms with Gasteiger partial charge in [0.25, 0.3) is 0 Å². The summed E-state index contributed by atoms with van der Waals surface area (Å²) in [7, 11) is 1.74. The molecule has 0 radical (unpaired) electrons. The third-order valence-electron chi connectivity index (χ3n) is 4.37. The molecule has 3 N–H and O–H groups in total. The number of nitrogens with one attached hydrogen (secondary N) is 3. The molecule has 1 saturated carbocycles. The van der Waals surface area contributed by atoms with Crippen LogP contribution in [0.15, 0.2) is 4.99 Å². The molecule has 7 nitrogen and oxygen atoms in total. The predicted molar refractivity (Wildman–Crippen MR) is 94.7 cm³/mol. The van der Waals surface area contributed by atoms with E-state index < -0.39 is 0 Å². The molecule has 2 rings (SSSR count). The first kappa shape index (κ1) is 18.5. The van der Waals surface area contributed by atoms with Gasteiger partial charge in [-0.15, -0.1) is 0 Å². The first-order chi connectivity index (χ1) is 11.5. The molecule has 0 aromatic heterocycles. The highest BCUT2D eigenvalue weighted by Gasteiger charge is 2.28. The van der Waals surface area contributed by atoms with E-state index in [4.69, 9.17) is 0 Å². The average Bonchev–Trinajstić information content (AvgIpc) is 3.24. The monoisotopic (exact) mass is 337 g/mol. The van der Waals surface area contributed by atoms with Crippen LogP contribution in [0, 0.1) is 5.92 Å². The normalized spacial score (nSPS) is 21.1. The van der Waals surface area contributed by atoms with Gasteiger partial charge in [-0.2, -0.15) is 0 Å². The number of aliphatic imine (C=N–C) groups is 1. The number of amides is 2. The van der Waals surface area contributed by atoms with Gasteiger partial charge in [0.1, 0.15) is 0 Å². The first-order valence-corrected chi connectivity index (χ1v) is 9.05. The van der Waals surface area contributed by atoms with Crippen molar-refractivity contribution < 1.29 is 9.59 Å². The number of guanidine groups is 1. The van der Waals surface area contributed by atoms with Gasteiger partial charge >= 0.3 is 0 Å². The van der Waals surface area contributed by atoms with E-state index in [1.807, 2.05) is 18.7 Å². The van der Waals surface area contributed by atoms with Crippen LogP contribution in [0.2, 0.25) is 0 Å². The molecule has 0 bridgehead atoms. The Bertz CT molecular complexity index is 474. The zero-order valence-corrected chi connectivity index (χ0v) is 15.1. The van der Waals surface area contributed by atoms with Crippen molar-refractivity contribution in [3.8, 4) is 0 Å². The Morgan fingerprint density at radius 1 is 1.17 bits per heavy atom. The second kappa shape index (κ2) is 8.89. The van der Waals surface area contributed by atoms with Gasteiger partial charge < -0.3 is 20.9 Å². The summed E-state index contributed by atoms with van der Waals surface area (Å²) < 4.78 is 0. The molecule has 0 spiro atoms. The molecule has 2 fully saturated rings. The lowest BCUT2D eigenvalue weighted by Gasteiger charge is -2.20. The smallest absolute Gasteiger partial charge is 0.225 e. The summed E-state index contributed by atoms with van der Waals surface area (Å²) in [5.41, 5.74) is 0. The van der Waals surface area contributed by atoms with E-state index in [-0.39, 0.29) is 23.8 Å². The number of nitrogens with zero attached hydrogens (tertiary/aromatic N) is 2. The van der Waals surface area contributed by atoms with E-state index in [2.05, 4.69) is 20.9 Å². The van der Waals surface area contributed by atoms with Crippen molar-refractivity contribution in [2.45, 2.75) is 58.0 Å². The summed E-state index contributed by atoms with van der Waals surface area (Å²) in [6, 6.07) is 0.663. The summed E-state index contributed by atoms with van der Waals surface area (Å²) in [4.78, 5) is 29.8. The van der Waals surface area contributed by atoms with Crippen LogP contribution in [0.25, 0.3) is 0 Å². The molecule has 7 heteroatoms. The van der Waals surface area contributed by atoms with Crippen LogP contribution in [-0.4, -0.2) is 61.4 Å². The molecular formula is C17H31N5O2. The van der Waals surface area contributed by atoms with E-state index >= 15 is 0 Å². The van der Waals surface area contributed by atoms with Gasteiger partial charge in [0.05, 0.1) is 0 Å². The number of hydrogen-bond acceptors (Lipinski definition) is 3. The van der Waals surface area contributed by atoms with E-state index in [9.17, 15) is 9.59 Å². The maximum atomic E-state index is 12.0. The highest BCUT2D eigenvalue weighted by Crippen LogP contribution is 2.18. The lowest BCUT2D eigenvalue weighted by molar-refractivity contribution is -0.133. The zero-order valence-electron chi connectivity index (χ0n) is 15.1. The molecule has 2 amide bonds. The van der Waals surface area contributed by atoms with Gasteiger partial charge in [0.15, 0.2) is 5.96 Å². The molecule has 0 aromatic carbocycles. The number of carbonyl (C=O) groups excluding carboxylic acids is 2. The Hall–Kier alpha value is -1.79. The molecule has 2 aliphatic rings. The lowest BCUT2D eigenvalue weighted by Crippen LogP contribution is -2.45. The molecule has 1 atom stereocenters. The molecule has 0 aromatic rings. The van der Waals surface area contributed by atoms with Crippen molar-refractivity contribution in [1.29, 1.82) is 0 Å². The van der Waals surface area contributed by atoms with E-state index in [1.54, 1.807) is 7.05 Å². The number of likely N-dealkylation sites (tertiary alicyclic amines) is 1. The average molecular weight is 337 g/mol. The Balaban J connectivity index is 1.62. The Kier molecular flexibility index (Phi) is 6.87. The standard InChI is InChI=1S/C17H31N5O2/c1-12(2)16(24)22-10-8-14(11-22)21-17(18-3)19-9-4-5-15(23)20-13-6-7-13/h12-14H,4-11H2,1-3H3,(H,20,23)(H2,18,19,21). The summed E-state index contributed by atoms with van der Waals surface area (Å²) in [5.74, 6) is 1.13. The Morgan fingerprint density at radius 3 is 2.54 bits per heavy atom. The second-order valence-corrected chi connectivity index (χ2v) is 7.01. The third-order valence-corrected chi connectivity index (χ3v) is 4.37. The quantitative estimate of drug-likeness (QED) is 0.358. The summed E-state index contributed by atoms with van der Waals surface area (Å²) in [6.45, 7) is 6.10. The van der Waals surface area contributed by atoms with Crippen molar-refractivity contribution >= 4 is 17.8 Å². The van der Waals surface area contributed by atoms with Gasteiger partial charge in [0.2, 0.25) is 11.8 Å². The molecule has 1 aliphatic heterocycles. The molecule has 24 heavy (non-hydrogen) atoms. The maximum Gasteiger partial charge on any atom is 0.225 e. The van der Waals surface area contributed by atoms with Crippen molar-refractivity contribution in [3.63, 3.8) is 0 Å². The van der Waals surface area contributed by atoms with Crippen LogP contribution in [0.3, 0.4) is 0 Å². The molecular weight excluding hydrogens is 306 g/mol. The van der Waals surface area contributed by atoms with Crippen LogP contribution >= 0.6 is 0 Å². The summed E-state index contributed by atoms with van der Waals surface area (Å²) in [6.07, 6.45) is 4.50. The maximum absolute atomic E-state index is 12.0. The Labute approximate surface area is 144 Å². The summed E-state index contributed by atoms with van der Waals surface area (Å²) >= 11 is 0. The fourth-order valence-electron chi connectivity index (χ4n) is 2.81. The summed E-state index contributed by atoms with van der Waals surface area (Å²) in [5, 5.41) is 9.60. The number of carbonyl (C=O) groups is 2. The van der Waals surface area contributed by atoms with Crippen LogP contribution in [-0.2, 0) is 9.59 Å². The minimum atomic E-state index is 0.0444. The minimum absolute atomic E-state index is 0.0444. The van der Waals surface area contributed by atoms with Crippen LogP contribution in [0.4, 0.5) is 0 Å². The van der Waals surface area contributed by atoms with Crippen molar-refractivity contribution in [3.05, 3.63) is 0 Å². The van der Waals surface area contributed by atoms with Gasteiger partial charge in [0, 0.05) is 51.1 Å². The lowest BCUT2D eigenvalue weighted by atomic mass is 10.2. The van der Waals surface area contributed by atoms with E-state index in [1.165, 1.54) is 0 Å². The third kappa shape index (κ3) is 6.02. The fourth-order valence-corrected chi connectivity index (χ4v) is 2.81. The van der Waals surface area contributed by atoms with Crippen molar-refractivity contribution in [2.24, 2.45) is 10.9 Å². The van der Waals surface area contributed by atoms with Gasteiger partial charge in [-0.3, -0.25) is 14.6 Å². The topological polar surface area (TPSA) is 85.8 Å². The highest BCUT2D eigenvalue weighted by molar-refractivity contribution is 5.81. The molecule has 1 aliphatic carbocycles. The van der Waals surface area contributed by atoms with E-state index in [0.29, 0.717) is 19.0 Å². The van der Waals surface area contributed by atoms with Gasteiger partial charge in [-0.1, -0.05) is 13.8 Å². The minimum Gasteiger partial charge on any atom is -0.356 e. The number of hydrogen-bond donors (Lipinski definition) is 3. The van der Waals surface area contributed by atoms with Crippen LogP contribution in [0.1, 0.15) is 46.0 Å². The molecule has 1 unspecified atom stereocenters. The van der Waals surface area contributed by atoms with E-state index in [0.717, 1.165) is 44.7 Å².